The predicted octanol–water partition coefficient (Wildman–Crippen LogP) is 2.46. The predicted molar refractivity (Wildman–Crippen MR) is 168 cm³/mol. The molecule has 1 unspecified atom stereocenters. The van der Waals surface area contributed by atoms with Gasteiger partial charge in [-0.2, -0.15) is 0 Å². The van der Waals surface area contributed by atoms with E-state index in [1.807, 2.05) is 13.0 Å². The van der Waals surface area contributed by atoms with Crippen LogP contribution in [0.1, 0.15) is 55.8 Å². The molecule has 1 aliphatic heterocycles. The van der Waals surface area contributed by atoms with Crippen molar-refractivity contribution in [2.24, 2.45) is 34.5 Å². The molecule has 11 nitrogen and oxygen atoms in total. The average molecular weight is 658 g/mol. The van der Waals surface area contributed by atoms with E-state index in [0.717, 1.165) is 25.8 Å². The van der Waals surface area contributed by atoms with Gasteiger partial charge < -0.3 is 43.5 Å². The molecular formula is C36H51NO10. The highest BCUT2D eigenvalue weighted by molar-refractivity contribution is 5.89. The van der Waals surface area contributed by atoms with Gasteiger partial charge in [0.2, 0.25) is 0 Å². The summed E-state index contributed by atoms with van der Waals surface area (Å²) in [6.07, 6.45) is -1.05. The number of hydrogen-bond donors (Lipinski definition) is 2. The summed E-state index contributed by atoms with van der Waals surface area (Å²) in [4.78, 5) is 30.1. The number of benzene rings is 1. The fraction of sp³-hybridized carbons (Fsp3) is 0.778. The van der Waals surface area contributed by atoms with Gasteiger partial charge in [-0.15, -0.1) is 0 Å². The molecule has 5 saturated carbocycles. The van der Waals surface area contributed by atoms with E-state index in [9.17, 15) is 19.8 Å². The van der Waals surface area contributed by atoms with Gasteiger partial charge in [0, 0.05) is 76.0 Å². The van der Waals surface area contributed by atoms with Crippen molar-refractivity contribution in [3.05, 3.63) is 35.9 Å². The molecular weight excluding hydrogens is 606 g/mol. The first kappa shape index (κ1) is 33.4. The Kier molecular flexibility index (Phi) is 8.34. The van der Waals surface area contributed by atoms with Crippen molar-refractivity contribution >= 4 is 11.9 Å². The van der Waals surface area contributed by atoms with Crippen molar-refractivity contribution in [3.8, 4) is 0 Å². The number of methoxy groups -OCH3 is 4. The van der Waals surface area contributed by atoms with Crippen LogP contribution < -0.4 is 0 Å². The number of aliphatic hydroxyl groups excluding tert-OH is 1. The van der Waals surface area contributed by atoms with Crippen LogP contribution in [-0.4, -0.2) is 123 Å². The first-order chi connectivity index (χ1) is 22.6. The zero-order valence-electron chi connectivity index (χ0n) is 28.4. The maximum Gasteiger partial charge on any atom is 0.338 e. The second kappa shape index (κ2) is 11.7. The van der Waals surface area contributed by atoms with E-state index < -0.39 is 64.8 Å². The van der Waals surface area contributed by atoms with Gasteiger partial charge >= 0.3 is 11.9 Å². The van der Waals surface area contributed by atoms with Crippen LogP contribution in [0, 0.1) is 34.5 Å². The molecule has 6 fully saturated rings. The Morgan fingerprint density at radius 1 is 1.02 bits per heavy atom. The third-order valence-electron chi connectivity index (χ3n) is 13.5. The number of aliphatic hydroxyl groups is 2. The molecule has 1 aromatic carbocycles. The van der Waals surface area contributed by atoms with E-state index in [1.165, 1.54) is 7.11 Å². The number of fused-ring (bicyclic) bond motifs is 2. The van der Waals surface area contributed by atoms with Crippen LogP contribution in [0.15, 0.2) is 30.3 Å². The Labute approximate surface area is 277 Å². The molecule has 2 N–H and O–H groups in total. The van der Waals surface area contributed by atoms with Crippen molar-refractivity contribution in [2.75, 3.05) is 48.6 Å². The van der Waals surface area contributed by atoms with Crippen LogP contribution in [-0.2, 0) is 33.2 Å². The number of piperidine rings is 1. The molecule has 7 rings (SSSR count). The molecule has 1 aromatic rings. The minimum Gasteiger partial charge on any atom is -0.455 e. The van der Waals surface area contributed by atoms with Gasteiger partial charge in [-0.3, -0.25) is 4.79 Å². The van der Waals surface area contributed by atoms with Gasteiger partial charge in [0.1, 0.15) is 23.9 Å². The molecule has 6 aliphatic rings. The van der Waals surface area contributed by atoms with Crippen molar-refractivity contribution in [1.29, 1.82) is 0 Å². The Hall–Kier alpha value is -2.12. The van der Waals surface area contributed by atoms with Crippen LogP contribution in [0.25, 0.3) is 0 Å². The fourth-order valence-corrected chi connectivity index (χ4v) is 12.6. The van der Waals surface area contributed by atoms with Crippen LogP contribution in [0.2, 0.25) is 0 Å². The lowest BCUT2D eigenvalue weighted by Gasteiger charge is -2.69. The first-order valence-electron chi connectivity index (χ1n) is 17.2. The maximum atomic E-state index is 13.9. The summed E-state index contributed by atoms with van der Waals surface area (Å²) in [6, 6.07) is 8.45. The molecule has 1 spiro atoms. The fourth-order valence-electron chi connectivity index (χ4n) is 12.6. The normalized spacial score (nSPS) is 47.5. The number of hydrogen-bond acceptors (Lipinski definition) is 11. The zero-order valence-corrected chi connectivity index (χ0v) is 28.4. The number of carbonyl (C=O) groups excluding carboxylic acids is 2. The molecule has 1 saturated heterocycles. The molecule has 260 valence electrons. The van der Waals surface area contributed by atoms with Crippen LogP contribution in [0.4, 0.5) is 0 Å². The third-order valence-corrected chi connectivity index (χ3v) is 13.5. The second-order valence-electron chi connectivity index (χ2n) is 15.2. The Bertz CT molecular complexity index is 1360. The van der Waals surface area contributed by atoms with Gasteiger partial charge in [0.15, 0.2) is 5.60 Å². The van der Waals surface area contributed by atoms with Crippen LogP contribution in [0.3, 0.4) is 0 Å². The van der Waals surface area contributed by atoms with E-state index in [0.29, 0.717) is 18.6 Å². The Morgan fingerprint density at radius 2 is 1.77 bits per heavy atom. The number of rotatable bonds is 11. The Balaban J connectivity index is 1.49. The highest BCUT2D eigenvalue weighted by Gasteiger charge is 2.91. The van der Waals surface area contributed by atoms with Crippen molar-refractivity contribution in [2.45, 2.75) is 93.2 Å². The molecule has 5 aliphatic carbocycles. The van der Waals surface area contributed by atoms with Crippen molar-refractivity contribution < 1.29 is 48.2 Å². The minimum absolute atomic E-state index is 0.104. The van der Waals surface area contributed by atoms with E-state index in [-0.39, 0.29) is 42.2 Å². The summed E-state index contributed by atoms with van der Waals surface area (Å²) in [6.45, 7) is 3.25. The van der Waals surface area contributed by atoms with Crippen LogP contribution >= 0.6 is 0 Å². The number of unbranched alkanes of at least 4 members (excludes halogenated alkanes) is 1. The van der Waals surface area contributed by atoms with Crippen molar-refractivity contribution in [3.63, 3.8) is 0 Å². The summed E-state index contributed by atoms with van der Waals surface area (Å²) in [5, 5.41) is 25.5. The standard InChI is InChI=1S/C36H51NO10/c1-7-8-14-23(38)47-36-24-21(17-34(41,31(45-6)29(36)39)30(24)46-32(40)20-12-10-9-11-13-20)35-22(43-4)15-16-33(19-42-3)18-37(2)28(35)25(36)26(44-5)27(33)35/h9-13,21-22,24-31,39,41H,7-8,14-19H2,1-6H3/t21-,22+,24-,25+,26+,27-,28?,29+,30-,31+,33+,34-,35+,36-/m1/s1. The lowest BCUT2D eigenvalue weighted by atomic mass is 9.43. The van der Waals surface area contributed by atoms with Gasteiger partial charge in [0.05, 0.1) is 24.4 Å². The number of esters is 2. The summed E-state index contributed by atoms with van der Waals surface area (Å²) >= 11 is 0. The molecule has 0 amide bonds. The van der Waals surface area contributed by atoms with Gasteiger partial charge in [0.25, 0.3) is 0 Å². The van der Waals surface area contributed by atoms with E-state index in [1.54, 1.807) is 45.6 Å². The summed E-state index contributed by atoms with van der Waals surface area (Å²) < 4.78 is 38.1. The average Bonchev–Trinajstić information content (AvgIpc) is 3.45. The van der Waals surface area contributed by atoms with E-state index in [2.05, 4.69) is 11.9 Å². The number of carbonyl (C=O) groups is 2. The Morgan fingerprint density at radius 3 is 2.40 bits per heavy atom. The van der Waals surface area contributed by atoms with Gasteiger partial charge in [-0.1, -0.05) is 31.5 Å². The number of likely N-dealkylation sites (tertiary alicyclic amines) is 1. The molecule has 47 heavy (non-hydrogen) atoms. The highest BCUT2D eigenvalue weighted by atomic mass is 16.6. The number of ether oxygens (including phenoxy) is 6. The third kappa shape index (κ3) is 4.11. The first-order valence-corrected chi connectivity index (χ1v) is 17.2. The van der Waals surface area contributed by atoms with E-state index >= 15 is 0 Å². The summed E-state index contributed by atoms with van der Waals surface area (Å²) in [5.41, 5.74) is -3.93. The van der Waals surface area contributed by atoms with Crippen LogP contribution in [0.5, 0.6) is 0 Å². The number of nitrogens with zero attached hydrogens (tertiary/aromatic N) is 1. The molecule has 11 heteroatoms. The minimum atomic E-state index is -1.76. The maximum absolute atomic E-state index is 13.9. The second-order valence-corrected chi connectivity index (χ2v) is 15.2. The summed E-state index contributed by atoms with van der Waals surface area (Å²) in [7, 11) is 8.71. The summed E-state index contributed by atoms with van der Waals surface area (Å²) in [5.74, 6) is -2.81. The lowest BCUT2D eigenvalue weighted by Crippen LogP contribution is -2.80. The van der Waals surface area contributed by atoms with Crippen molar-refractivity contribution in [1.82, 2.24) is 4.90 Å². The molecule has 0 radical (unpaired) electrons. The largest absolute Gasteiger partial charge is 0.455 e. The molecule has 7 bridgehead atoms. The quantitative estimate of drug-likeness (QED) is 0.340. The highest BCUT2D eigenvalue weighted by Crippen LogP contribution is 2.80. The molecule has 14 atom stereocenters. The smallest absolute Gasteiger partial charge is 0.338 e. The van der Waals surface area contributed by atoms with Gasteiger partial charge in [-0.05, 0) is 50.8 Å². The lowest BCUT2D eigenvalue weighted by molar-refractivity contribution is -0.317. The SMILES string of the molecule is CCCCC(=O)O[C@]12[C@H]3[C@@H](OC(=O)c4ccccc4)[C@](O)(C[C@H]3[C@@]34C5[C@@H]1[C@H](OC)[C@@H]3[C@@](COC)(CC[C@@H]4OC)CN5C)[C@@H](OC)[C@@H]2O. The van der Waals surface area contributed by atoms with Gasteiger partial charge in [-0.25, -0.2) is 4.79 Å². The molecule has 0 aromatic heterocycles. The van der Waals surface area contributed by atoms with E-state index in [4.69, 9.17) is 28.4 Å². The zero-order chi connectivity index (χ0) is 33.5. The topological polar surface area (TPSA) is 133 Å². The monoisotopic (exact) mass is 657 g/mol. The molecule has 1 heterocycles.